The second-order valence-corrected chi connectivity index (χ2v) is 7.98. The fraction of sp³-hybridized carbons (Fsp3) is 0.259. The Morgan fingerprint density at radius 2 is 1.66 bits per heavy atom. The van der Waals surface area contributed by atoms with Crippen molar-refractivity contribution in [2.24, 2.45) is 0 Å². The average molecular weight is 382 g/mol. The van der Waals surface area contributed by atoms with E-state index in [0.29, 0.717) is 5.92 Å². The van der Waals surface area contributed by atoms with Gasteiger partial charge >= 0.3 is 0 Å². The van der Waals surface area contributed by atoms with E-state index in [-0.39, 0.29) is 0 Å². The van der Waals surface area contributed by atoms with Gasteiger partial charge in [0.25, 0.3) is 0 Å². The van der Waals surface area contributed by atoms with Crippen LogP contribution in [-0.2, 0) is 13.0 Å². The molecule has 0 saturated heterocycles. The molecule has 146 valence electrons. The van der Waals surface area contributed by atoms with Crippen LogP contribution < -0.4 is 9.64 Å². The number of allylic oxidation sites excluding steroid dienone is 1. The highest BCUT2D eigenvalue weighted by Gasteiger charge is 2.34. The molecule has 2 heteroatoms. The molecule has 0 unspecified atom stereocenters. The van der Waals surface area contributed by atoms with Crippen molar-refractivity contribution >= 4 is 11.4 Å². The predicted octanol–water partition coefficient (Wildman–Crippen LogP) is 6.57. The zero-order valence-corrected chi connectivity index (χ0v) is 17.2. The lowest BCUT2D eigenvalue weighted by Crippen LogP contribution is -2.31. The van der Waals surface area contributed by atoms with Crippen LogP contribution in [-0.4, -0.2) is 7.11 Å². The molecule has 0 radical (unpaired) electrons. The van der Waals surface area contributed by atoms with Crippen molar-refractivity contribution < 1.29 is 4.74 Å². The second kappa shape index (κ2) is 7.44. The van der Waals surface area contributed by atoms with E-state index < -0.39 is 0 Å². The minimum absolute atomic E-state index is 0.515. The number of benzene rings is 3. The molecule has 1 aliphatic heterocycles. The first-order chi connectivity index (χ1) is 14.3. The molecule has 2 aliphatic rings. The first-order valence-corrected chi connectivity index (χ1v) is 10.6. The molecule has 0 aromatic heterocycles. The topological polar surface area (TPSA) is 12.5 Å². The summed E-state index contributed by atoms with van der Waals surface area (Å²) in [6.45, 7) is 3.19. The number of ether oxygens (including phenoxy) is 1. The Labute approximate surface area is 173 Å². The average Bonchev–Trinajstić information content (AvgIpc) is 2.79. The summed E-state index contributed by atoms with van der Waals surface area (Å²) in [4.78, 5) is 2.55. The molecule has 3 aromatic rings. The van der Waals surface area contributed by atoms with Crippen LogP contribution in [0, 0.1) is 0 Å². The van der Waals surface area contributed by atoms with E-state index in [1.807, 2.05) is 0 Å². The number of nitrogens with zero attached hydrogens (tertiary/aromatic N) is 1. The van der Waals surface area contributed by atoms with Gasteiger partial charge < -0.3 is 9.64 Å². The zero-order chi connectivity index (χ0) is 19.8. The van der Waals surface area contributed by atoms with Crippen LogP contribution in [0.3, 0.4) is 0 Å². The molecule has 1 heterocycles. The summed E-state index contributed by atoms with van der Waals surface area (Å²) in [7, 11) is 1.72. The Balaban J connectivity index is 1.67. The van der Waals surface area contributed by atoms with E-state index in [4.69, 9.17) is 4.74 Å². The standard InChI is InChI=1S/C27H27NO/c1-3-22-24-10-6-7-11-26(24)28(18-19-12-15-21(29-2)16-13-19)27-23-9-5-4-8-20(23)14-17-25(22)27/h4-13,15-16,22H,3,14,17-18H2,1-2H3/t22-/m1/s1. The molecule has 1 atom stereocenters. The van der Waals surface area contributed by atoms with Crippen LogP contribution in [0.25, 0.3) is 5.70 Å². The van der Waals surface area contributed by atoms with Crippen molar-refractivity contribution in [3.05, 3.63) is 101 Å². The van der Waals surface area contributed by atoms with Crippen molar-refractivity contribution in [1.82, 2.24) is 0 Å². The molecule has 0 bridgehead atoms. The predicted molar refractivity (Wildman–Crippen MR) is 120 cm³/mol. The Morgan fingerprint density at radius 1 is 0.897 bits per heavy atom. The molecule has 0 fully saturated rings. The number of methoxy groups -OCH3 is 1. The van der Waals surface area contributed by atoms with Crippen molar-refractivity contribution in [2.45, 2.75) is 38.6 Å². The summed E-state index contributed by atoms with van der Waals surface area (Å²) in [6, 6.07) is 26.4. The molecule has 5 rings (SSSR count). The highest BCUT2D eigenvalue weighted by molar-refractivity contribution is 5.89. The molecule has 0 saturated carbocycles. The summed E-state index contributed by atoms with van der Waals surface area (Å²) >= 11 is 0. The molecule has 3 aromatic carbocycles. The van der Waals surface area contributed by atoms with Crippen molar-refractivity contribution in [1.29, 1.82) is 0 Å². The fourth-order valence-electron chi connectivity index (χ4n) is 5.07. The van der Waals surface area contributed by atoms with Crippen LogP contribution in [0.4, 0.5) is 5.69 Å². The van der Waals surface area contributed by atoms with Crippen molar-refractivity contribution in [3.8, 4) is 5.75 Å². The minimum atomic E-state index is 0.515. The van der Waals surface area contributed by atoms with Gasteiger partial charge in [0.2, 0.25) is 0 Å². The molecule has 29 heavy (non-hydrogen) atoms. The van der Waals surface area contributed by atoms with Crippen LogP contribution >= 0.6 is 0 Å². The van der Waals surface area contributed by atoms with Gasteiger partial charge in [-0.3, -0.25) is 0 Å². The van der Waals surface area contributed by atoms with Crippen LogP contribution in [0.15, 0.2) is 78.4 Å². The second-order valence-electron chi connectivity index (χ2n) is 7.98. The first-order valence-electron chi connectivity index (χ1n) is 10.6. The van der Waals surface area contributed by atoms with Gasteiger partial charge in [0, 0.05) is 29.4 Å². The van der Waals surface area contributed by atoms with Gasteiger partial charge in [-0.1, -0.05) is 61.5 Å². The maximum absolute atomic E-state index is 5.35. The molecule has 0 N–H and O–H groups in total. The van der Waals surface area contributed by atoms with Gasteiger partial charge in [-0.15, -0.1) is 0 Å². The Hall–Kier alpha value is -3.00. The Morgan fingerprint density at radius 3 is 2.45 bits per heavy atom. The minimum Gasteiger partial charge on any atom is -0.497 e. The number of para-hydroxylation sites is 1. The van der Waals surface area contributed by atoms with E-state index in [0.717, 1.165) is 31.6 Å². The quantitative estimate of drug-likeness (QED) is 0.507. The number of hydrogen-bond donors (Lipinski definition) is 0. The maximum Gasteiger partial charge on any atom is 0.118 e. The van der Waals surface area contributed by atoms with E-state index in [2.05, 4.69) is 84.6 Å². The van der Waals surface area contributed by atoms with Gasteiger partial charge in [0.15, 0.2) is 0 Å². The van der Waals surface area contributed by atoms with Crippen LogP contribution in [0.5, 0.6) is 5.75 Å². The zero-order valence-electron chi connectivity index (χ0n) is 17.2. The molecule has 2 nitrogen and oxygen atoms in total. The van der Waals surface area contributed by atoms with Gasteiger partial charge in [-0.05, 0) is 59.7 Å². The molecule has 0 spiro atoms. The summed E-state index contributed by atoms with van der Waals surface area (Å²) in [6.07, 6.45) is 3.44. The van der Waals surface area contributed by atoms with E-state index in [1.165, 1.54) is 33.6 Å². The largest absolute Gasteiger partial charge is 0.497 e. The van der Waals surface area contributed by atoms with Gasteiger partial charge in [-0.25, -0.2) is 0 Å². The van der Waals surface area contributed by atoms with Gasteiger partial charge in [0.05, 0.1) is 7.11 Å². The molecule has 0 amide bonds. The monoisotopic (exact) mass is 381 g/mol. The van der Waals surface area contributed by atoms with Crippen molar-refractivity contribution in [2.75, 3.05) is 12.0 Å². The SMILES string of the molecule is CC[C@H]1C2=C(c3ccccc3CC2)N(Cc2ccc(OC)cc2)c2ccccc21. The molecular formula is C27H27NO. The van der Waals surface area contributed by atoms with Gasteiger partial charge in [0.1, 0.15) is 5.75 Å². The summed E-state index contributed by atoms with van der Waals surface area (Å²) in [5.74, 6) is 1.42. The van der Waals surface area contributed by atoms with E-state index in [1.54, 1.807) is 12.7 Å². The lowest BCUT2D eigenvalue weighted by Gasteiger charge is -2.42. The number of aryl methyl sites for hydroxylation is 1. The number of anilines is 1. The third-order valence-corrected chi connectivity index (χ3v) is 6.44. The van der Waals surface area contributed by atoms with Gasteiger partial charge in [-0.2, -0.15) is 0 Å². The number of hydrogen-bond acceptors (Lipinski definition) is 2. The third kappa shape index (κ3) is 3.04. The molecular weight excluding hydrogens is 354 g/mol. The Kier molecular flexibility index (Phi) is 4.63. The Bertz CT molecular complexity index is 1060. The molecule has 1 aliphatic carbocycles. The highest BCUT2D eigenvalue weighted by atomic mass is 16.5. The summed E-state index contributed by atoms with van der Waals surface area (Å²) in [5.41, 5.74) is 10.1. The van der Waals surface area contributed by atoms with E-state index in [9.17, 15) is 0 Å². The van der Waals surface area contributed by atoms with Crippen LogP contribution in [0.1, 0.15) is 47.9 Å². The van der Waals surface area contributed by atoms with Crippen molar-refractivity contribution in [3.63, 3.8) is 0 Å². The smallest absolute Gasteiger partial charge is 0.118 e. The third-order valence-electron chi connectivity index (χ3n) is 6.44. The van der Waals surface area contributed by atoms with Crippen LogP contribution in [0.2, 0.25) is 0 Å². The number of fused-ring (bicyclic) bond motifs is 3. The fourth-order valence-corrected chi connectivity index (χ4v) is 5.07. The summed E-state index contributed by atoms with van der Waals surface area (Å²) < 4.78 is 5.35. The lowest BCUT2D eigenvalue weighted by atomic mass is 9.75. The number of rotatable bonds is 4. The lowest BCUT2D eigenvalue weighted by molar-refractivity contribution is 0.414. The highest BCUT2D eigenvalue weighted by Crippen LogP contribution is 2.50. The maximum atomic E-state index is 5.35. The normalized spacial score (nSPS) is 17.4. The van der Waals surface area contributed by atoms with E-state index >= 15 is 0 Å². The first kappa shape index (κ1) is 18.1. The summed E-state index contributed by atoms with van der Waals surface area (Å²) in [5, 5.41) is 0.